The minimum atomic E-state index is -0.817. The van der Waals surface area contributed by atoms with Crippen LogP contribution in [-0.4, -0.2) is 29.8 Å². The number of hydrogen-bond donors (Lipinski definition) is 0. The van der Waals surface area contributed by atoms with E-state index in [1.165, 1.54) is 19.4 Å². The number of carbonyl (C=O) groups is 1. The van der Waals surface area contributed by atoms with E-state index in [0.717, 1.165) is 21.2 Å². The van der Waals surface area contributed by atoms with Gasteiger partial charge in [0.2, 0.25) is 0 Å². The normalized spacial score (nSPS) is 11.7. The molecule has 0 saturated carbocycles. The maximum atomic E-state index is 14.0. The average molecular weight is 491 g/mol. The lowest BCUT2D eigenvalue weighted by molar-refractivity contribution is -0.142. The van der Waals surface area contributed by atoms with Crippen molar-refractivity contribution >= 4 is 38.5 Å². The van der Waals surface area contributed by atoms with E-state index in [0.29, 0.717) is 16.6 Å². The van der Waals surface area contributed by atoms with E-state index in [1.54, 1.807) is 0 Å². The third-order valence-electron chi connectivity index (χ3n) is 5.12. The van der Waals surface area contributed by atoms with Gasteiger partial charge in [-0.2, -0.15) is 0 Å². The fraction of sp³-hybridized carbons (Fsp3) is 0.115. The molecule has 0 aliphatic heterocycles. The molecule has 1 atom stereocenters. The first-order valence-electron chi connectivity index (χ1n) is 10.1. The van der Waals surface area contributed by atoms with Gasteiger partial charge in [-0.3, -0.25) is 9.98 Å². The number of fused-ring (bicyclic) bond motifs is 1. The summed E-state index contributed by atoms with van der Waals surface area (Å²) in [6.07, 6.45) is 1.42. The van der Waals surface area contributed by atoms with Crippen molar-refractivity contribution < 1.29 is 13.9 Å². The molecule has 0 spiro atoms. The van der Waals surface area contributed by atoms with Gasteiger partial charge in [0.05, 0.1) is 24.5 Å². The number of ether oxygens (including phenoxy) is 1. The topological polar surface area (TPSA) is 51.5 Å². The smallest absolute Gasteiger partial charge is 0.330 e. The zero-order valence-electron chi connectivity index (χ0n) is 17.3. The van der Waals surface area contributed by atoms with Crippen molar-refractivity contribution in [1.82, 2.24) is 4.98 Å². The lowest BCUT2D eigenvalue weighted by Gasteiger charge is -2.16. The molecular formula is C26H20BrFN2O2. The molecule has 0 saturated heterocycles. The number of rotatable bonds is 6. The van der Waals surface area contributed by atoms with Crippen LogP contribution < -0.4 is 0 Å². The second-order valence-corrected chi connectivity index (χ2v) is 8.06. The van der Waals surface area contributed by atoms with Gasteiger partial charge in [0.15, 0.2) is 6.04 Å². The number of hydrogen-bond acceptors (Lipinski definition) is 4. The monoisotopic (exact) mass is 490 g/mol. The first-order chi connectivity index (χ1) is 15.6. The molecule has 4 rings (SSSR count). The SMILES string of the molecule is COC(=O)[C@H](Cc1ccc(Br)c2ncc(F)cc12)N=C(c1ccccc1)c1ccccc1. The van der Waals surface area contributed by atoms with Crippen LogP contribution in [0.1, 0.15) is 16.7 Å². The summed E-state index contributed by atoms with van der Waals surface area (Å²) < 4.78 is 19.8. The van der Waals surface area contributed by atoms with E-state index >= 15 is 0 Å². The highest BCUT2D eigenvalue weighted by molar-refractivity contribution is 9.10. The Balaban J connectivity index is 1.83. The van der Waals surface area contributed by atoms with Gasteiger partial charge in [-0.05, 0) is 33.6 Å². The summed E-state index contributed by atoms with van der Waals surface area (Å²) >= 11 is 3.46. The number of carbonyl (C=O) groups excluding carboxylic acids is 1. The Hall–Kier alpha value is -3.38. The van der Waals surface area contributed by atoms with Gasteiger partial charge in [0.25, 0.3) is 0 Å². The fourth-order valence-corrected chi connectivity index (χ4v) is 4.03. The van der Waals surface area contributed by atoms with Crippen LogP contribution in [-0.2, 0) is 16.0 Å². The van der Waals surface area contributed by atoms with Gasteiger partial charge in [-0.1, -0.05) is 66.7 Å². The Kier molecular flexibility index (Phi) is 6.71. The lowest BCUT2D eigenvalue weighted by atomic mass is 9.99. The van der Waals surface area contributed by atoms with E-state index in [9.17, 15) is 9.18 Å². The summed E-state index contributed by atoms with van der Waals surface area (Å²) in [5, 5.41) is 0.629. The summed E-state index contributed by atoms with van der Waals surface area (Å²) in [4.78, 5) is 21.8. The maximum absolute atomic E-state index is 14.0. The Morgan fingerprint density at radius 3 is 2.25 bits per heavy atom. The van der Waals surface area contributed by atoms with Crippen molar-refractivity contribution in [2.45, 2.75) is 12.5 Å². The summed E-state index contributed by atoms with van der Waals surface area (Å²) in [6, 6.07) is 23.7. The molecule has 160 valence electrons. The van der Waals surface area contributed by atoms with E-state index in [4.69, 9.17) is 9.73 Å². The molecule has 3 aromatic carbocycles. The Morgan fingerprint density at radius 1 is 1.03 bits per heavy atom. The second kappa shape index (κ2) is 9.83. The molecule has 0 aliphatic rings. The molecular weight excluding hydrogens is 471 g/mol. The predicted octanol–water partition coefficient (Wildman–Crippen LogP) is 5.76. The molecule has 1 aromatic heterocycles. The van der Waals surface area contributed by atoms with Crippen LogP contribution in [0.2, 0.25) is 0 Å². The number of methoxy groups -OCH3 is 1. The first kappa shape index (κ1) is 21.8. The number of aliphatic imine (C=N–C) groups is 1. The van der Waals surface area contributed by atoms with Gasteiger partial charge in [-0.15, -0.1) is 0 Å². The summed E-state index contributed by atoms with van der Waals surface area (Å²) in [6.45, 7) is 0. The van der Waals surface area contributed by atoms with Crippen LogP contribution in [0.15, 0.2) is 94.5 Å². The number of esters is 1. The van der Waals surface area contributed by atoms with Gasteiger partial charge in [0.1, 0.15) is 5.82 Å². The highest BCUT2D eigenvalue weighted by atomic mass is 79.9. The van der Waals surface area contributed by atoms with Crippen LogP contribution in [0.25, 0.3) is 10.9 Å². The number of pyridine rings is 1. The quantitative estimate of drug-likeness (QED) is 0.255. The van der Waals surface area contributed by atoms with Gasteiger partial charge < -0.3 is 4.74 Å². The van der Waals surface area contributed by atoms with Crippen LogP contribution >= 0.6 is 15.9 Å². The van der Waals surface area contributed by atoms with Crippen molar-refractivity contribution in [3.8, 4) is 0 Å². The zero-order valence-corrected chi connectivity index (χ0v) is 18.9. The van der Waals surface area contributed by atoms with Crippen molar-refractivity contribution in [3.63, 3.8) is 0 Å². The molecule has 1 heterocycles. The van der Waals surface area contributed by atoms with E-state index < -0.39 is 17.8 Å². The van der Waals surface area contributed by atoms with E-state index in [1.807, 2.05) is 72.8 Å². The van der Waals surface area contributed by atoms with Crippen molar-refractivity contribution in [2.75, 3.05) is 7.11 Å². The molecule has 32 heavy (non-hydrogen) atoms. The average Bonchev–Trinajstić information content (AvgIpc) is 2.83. The zero-order chi connectivity index (χ0) is 22.5. The number of nitrogens with zero attached hydrogens (tertiary/aromatic N) is 2. The molecule has 0 unspecified atom stereocenters. The summed E-state index contributed by atoms with van der Waals surface area (Å²) in [5.74, 6) is -0.904. The highest BCUT2D eigenvalue weighted by Crippen LogP contribution is 2.27. The van der Waals surface area contributed by atoms with Crippen LogP contribution in [0, 0.1) is 5.82 Å². The van der Waals surface area contributed by atoms with Gasteiger partial charge in [0, 0.05) is 27.4 Å². The number of halogens is 2. The third-order valence-corrected chi connectivity index (χ3v) is 5.76. The van der Waals surface area contributed by atoms with E-state index in [2.05, 4.69) is 20.9 Å². The third kappa shape index (κ3) is 4.75. The Labute approximate surface area is 193 Å². The fourth-order valence-electron chi connectivity index (χ4n) is 3.58. The standard InChI is InChI=1S/C26H20BrFN2O2/c1-32-26(31)23(14-19-12-13-22(27)25-21(19)15-20(28)16-29-25)30-24(17-8-4-2-5-9-17)18-10-6-3-7-11-18/h2-13,15-16,23H,14H2,1H3/t23-/m0/s1. The van der Waals surface area contributed by atoms with Crippen LogP contribution in [0.4, 0.5) is 4.39 Å². The number of aromatic nitrogens is 1. The molecule has 0 fully saturated rings. The highest BCUT2D eigenvalue weighted by Gasteiger charge is 2.22. The molecule has 4 nitrogen and oxygen atoms in total. The Morgan fingerprint density at radius 2 is 1.66 bits per heavy atom. The maximum Gasteiger partial charge on any atom is 0.330 e. The molecule has 0 bridgehead atoms. The predicted molar refractivity (Wildman–Crippen MR) is 127 cm³/mol. The van der Waals surface area contributed by atoms with Gasteiger partial charge in [-0.25, -0.2) is 9.18 Å². The molecule has 0 N–H and O–H groups in total. The summed E-state index contributed by atoms with van der Waals surface area (Å²) in [5.41, 5.74) is 3.85. The molecule has 0 radical (unpaired) electrons. The Bertz CT molecular complexity index is 1240. The minimum absolute atomic E-state index is 0.241. The van der Waals surface area contributed by atoms with Crippen molar-refractivity contribution in [3.05, 3.63) is 112 Å². The van der Waals surface area contributed by atoms with Gasteiger partial charge >= 0.3 is 5.97 Å². The first-order valence-corrected chi connectivity index (χ1v) is 10.8. The van der Waals surface area contributed by atoms with Crippen LogP contribution in [0.5, 0.6) is 0 Å². The number of benzene rings is 3. The van der Waals surface area contributed by atoms with Crippen molar-refractivity contribution in [2.24, 2.45) is 4.99 Å². The van der Waals surface area contributed by atoms with Crippen molar-refractivity contribution in [1.29, 1.82) is 0 Å². The minimum Gasteiger partial charge on any atom is -0.467 e. The molecule has 6 heteroatoms. The largest absolute Gasteiger partial charge is 0.467 e. The van der Waals surface area contributed by atoms with Crippen LogP contribution in [0.3, 0.4) is 0 Å². The molecule has 0 amide bonds. The molecule has 4 aromatic rings. The lowest BCUT2D eigenvalue weighted by Crippen LogP contribution is -2.25. The second-order valence-electron chi connectivity index (χ2n) is 7.21. The molecule has 0 aliphatic carbocycles. The van der Waals surface area contributed by atoms with E-state index in [-0.39, 0.29) is 6.42 Å². The summed E-state index contributed by atoms with van der Waals surface area (Å²) in [7, 11) is 1.34.